The van der Waals surface area contributed by atoms with Gasteiger partial charge in [0.2, 0.25) is 15.9 Å². The molecule has 1 amide bonds. The van der Waals surface area contributed by atoms with Crippen LogP contribution in [0, 0.1) is 10.1 Å². The number of carbonyl (C=O) groups excluding carboxylic acids is 1. The summed E-state index contributed by atoms with van der Waals surface area (Å²) >= 11 is 0. The van der Waals surface area contributed by atoms with Crippen LogP contribution in [0.3, 0.4) is 0 Å². The van der Waals surface area contributed by atoms with Crippen LogP contribution in [0.5, 0.6) is 0 Å². The standard InChI is InChI=1S/C22H24N4O5S/c27-22(11-6-17-4-9-21(10-5-17)32(30,31)23-18-7-8-18)25-14-12-24(13-15-25)19-2-1-3-20(16-19)26(28)29/h1-6,9-11,16,18,23H,7-8,12-15H2/b11-6+. The number of sulfonamides is 1. The number of nitro benzene ring substituents is 1. The number of non-ortho nitro benzene ring substituents is 1. The van der Waals surface area contributed by atoms with Crippen molar-refractivity contribution in [3.63, 3.8) is 0 Å². The fourth-order valence-corrected chi connectivity index (χ4v) is 4.81. The summed E-state index contributed by atoms with van der Waals surface area (Å²) in [6.45, 7) is 2.19. The third kappa shape index (κ3) is 5.32. The fraction of sp³-hybridized carbons (Fsp3) is 0.318. The van der Waals surface area contributed by atoms with Crippen molar-refractivity contribution in [2.75, 3.05) is 31.1 Å². The van der Waals surface area contributed by atoms with Crippen molar-refractivity contribution in [2.24, 2.45) is 0 Å². The van der Waals surface area contributed by atoms with E-state index in [9.17, 15) is 23.3 Å². The number of nitrogens with one attached hydrogen (secondary N) is 1. The quantitative estimate of drug-likeness (QED) is 0.389. The second kappa shape index (κ2) is 9.09. The zero-order valence-corrected chi connectivity index (χ0v) is 18.2. The highest BCUT2D eigenvalue weighted by Crippen LogP contribution is 2.23. The second-order valence-corrected chi connectivity index (χ2v) is 9.60. The van der Waals surface area contributed by atoms with Crippen LogP contribution in [0.1, 0.15) is 18.4 Å². The lowest BCUT2D eigenvalue weighted by molar-refractivity contribution is -0.384. The van der Waals surface area contributed by atoms with Gasteiger partial charge in [-0.05, 0) is 42.7 Å². The van der Waals surface area contributed by atoms with Gasteiger partial charge in [-0.25, -0.2) is 13.1 Å². The van der Waals surface area contributed by atoms with Gasteiger partial charge in [0.1, 0.15) is 0 Å². The van der Waals surface area contributed by atoms with E-state index in [1.165, 1.54) is 24.3 Å². The summed E-state index contributed by atoms with van der Waals surface area (Å²) in [5.74, 6) is -0.129. The molecule has 0 atom stereocenters. The van der Waals surface area contributed by atoms with Crippen LogP contribution in [-0.4, -0.2) is 56.4 Å². The minimum absolute atomic E-state index is 0.0473. The molecule has 2 aromatic carbocycles. The Morgan fingerprint density at radius 2 is 1.75 bits per heavy atom. The molecule has 2 fully saturated rings. The van der Waals surface area contributed by atoms with Crippen molar-refractivity contribution in [1.82, 2.24) is 9.62 Å². The predicted molar refractivity (Wildman–Crippen MR) is 121 cm³/mol. The molecular weight excluding hydrogens is 432 g/mol. The van der Waals surface area contributed by atoms with Crippen molar-refractivity contribution in [3.05, 3.63) is 70.3 Å². The average molecular weight is 457 g/mol. The summed E-state index contributed by atoms with van der Waals surface area (Å²) in [5.41, 5.74) is 1.55. The molecule has 0 bridgehead atoms. The number of benzene rings is 2. The smallest absolute Gasteiger partial charge is 0.271 e. The van der Waals surface area contributed by atoms with E-state index in [4.69, 9.17) is 0 Å². The van der Waals surface area contributed by atoms with Gasteiger partial charge >= 0.3 is 0 Å². The minimum atomic E-state index is -3.49. The third-order valence-corrected chi connectivity index (χ3v) is 7.04. The second-order valence-electron chi connectivity index (χ2n) is 7.89. The van der Waals surface area contributed by atoms with Crippen LogP contribution in [0.4, 0.5) is 11.4 Å². The topological polar surface area (TPSA) is 113 Å². The fourth-order valence-electron chi connectivity index (χ4n) is 3.51. The Kier molecular flexibility index (Phi) is 6.24. The number of hydrogen-bond donors (Lipinski definition) is 1. The van der Waals surface area contributed by atoms with Gasteiger partial charge < -0.3 is 9.80 Å². The van der Waals surface area contributed by atoms with Gasteiger partial charge in [0.15, 0.2) is 0 Å². The number of rotatable bonds is 7. The highest BCUT2D eigenvalue weighted by atomic mass is 32.2. The zero-order chi connectivity index (χ0) is 22.7. The maximum Gasteiger partial charge on any atom is 0.271 e. The zero-order valence-electron chi connectivity index (χ0n) is 17.4. The number of anilines is 1. The Bertz CT molecular complexity index is 1140. The first-order chi connectivity index (χ1) is 15.3. The Labute approximate surface area is 186 Å². The first-order valence-electron chi connectivity index (χ1n) is 10.4. The van der Waals surface area contributed by atoms with Crippen LogP contribution in [-0.2, 0) is 14.8 Å². The van der Waals surface area contributed by atoms with Crippen molar-refractivity contribution in [3.8, 4) is 0 Å². The van der Waals surface area contributed by atoms with Gasteiger partial charge in [-0.3, -0.25) is 14.9 Å². The molecule has 9 nitrogen and oxygen atoms in total. The van der Waals surface area contributed by atoms with E-state index in [-0.39, 0.29) is 22.5 Å². The Morgan fingerprint density at radius 3 is 2.38 bits per heavy atom. The predicted octanol–water partition coefficient (Wildman–Crippen LogP) is 2.40. The molecule has 1 aliphatic heterocycles. The molecule has 32 heavy (non-hydrogen) atoms. The molecule has 1 saturated carbocycles. The molecule has 0 spiro atoms. The highest BCUT2D eigenvalue weighted by Gasteiger charge is 2.27. The van der Waals surface area contributed by atoms with Crippen molar-refractivity contribution >= 4 is 33.4 Å². The first kappa shape index (κ1) is 22.0. The maximum absolute atomic E-state index is 12.5. The molecule has 1 saturated heterocycles. The number of piperazine rings is 1. The normalized spacial score (nSPS) is 17.0. The molecule has 4 rings (SSSR count). The van der Waals surface area contributed by atoms with Crippen LogP contribution in [0.15, 0.2) is 59.5 Å². The van der Waals surface area contributed by atoms with Crippen molar-refractivity contribution in [2.45, 2.75) is 23.8 Å². The molecule has 1 N–H and O–H groups in total. The summed E-state index contributed by atoms with van der Waals surface area (Å²) in [6, 6.07) is 13.0. The average Bonchev–Trinajstić information content (AvgIpc) is 3.61. The van der Waals surface area contributed by atoms with Crippen LogP contribution in [0.2, 0.25) is 0 Å². The molecular formula is C22H24N4O5S. The molecule has 1 heterocycles. The summed E-state index contributed by atoms with van der Waals surface area (Å²) in [5, 5.41) is 11.0. The van der Waals surface area contributed by atoms with E-state index in [2.05, 4.69) is 4.72 Å². The Balaban J connectivity index is 1.32. The first-order valence-corrected chi connectivity index (χ1v) is 11.9. The van der Waals surface area contributed by atoms with Gasteiger partial charge in [0.25, 0.3) is 5.69 Å². The summed E-state index contributed by atoms with van der Waals surface area (Å²) in [7, 11) is -3.49. The monoisotopic (exact) mass is 456 g/mol. The van der Waals surface area contributed by atoms with Crippen LogP contribution < -0.4 is 9.62 Å². The largest absolute Gasteiger partial charge is 0.368 e. The molecule has 0 radical (unpaired) electrons. The Morgan fingerprint density at radius 1 is 1.06 bits per heavy atom. The number of nitro groups is 1. The lowest BCUT2D eigenvalue weighted by atomic mass is 10.2. The molecule has 1 aliphatic carbocycles. The van der Waals surface area contributed by atoms with Gasteiger partial charge in [-0.1, -0.05) is 18.2 Å². The van der Waals surface area contributed by atoms with E-state index in [0.717, 1.165) is 24.1 Å². The number of carbonyl (C=O) groups is 1. The van der Waals surface area contributed by atoms with Crippen LogP contribution in [0.25, 0.3) is 6.08 Å². The lowest BCUT2D eigenvalue weighted by Crippen LogP contribution is -2.48. The summed E-state index contributed by atoms with van der Waals surface area (Å²) < 4.78 is 27.1. The molecule has 2 aliphatic rings. The SMILES string of the molecule is O=C(/C=C/c1ccc(S(=O)(=O)NC2CC2)cc1)N1CCN(c2cccc([N+](=O)[O-])c2)CC1. The van der Waals surface area contributed by atoms with E-state index in [1.54, 1.807) is 35.2 Å². The van der Waals surface area contributed by atoms with Crippen molar-refractivity contribution < 1.29 is 18.1 Å². The molecule has 0 aromatic heterocycles. The van der Waals surface area contributed by atoms with Gasteiger partial charge in [0.05, 0.1) is 9.82 Å². The summed E-state index contributed by atoms with van der Waals surface area (Å²) in [6.07, 6.45) is 4.90. The highest BCUT2D eigenvalue weighted by molar-refractivity contribution is 7.89. The van der Waals surface area contributed by atoms with E-state index < -0.39 is 14.9 Å². The lowest BCUT2D eigenvalue weighted by Gasteiger charge is -2.35. The van der Waals surface area contributed by atoms with E-state index in [0.29, 0.717) is 26.2 Å². The summed E-state index contributed by atoms with van der Waals surface area (Å²) in [4.78, 5) is 27.1. The molecule has 0 unspecified atom stereocenters. The maximum atomic E-state index is 12.5. The Hall–Kier alpha value is -3.24. The van der Waals surface area contributed by atoms with E-state index in [1.807, 2.05) is 11.0 Å². The van der Waals surface area contributed by atoms with E-state index >= 15 is 0 Å². The van der Waals surface area contributed by atoms with Crippen LogP contribution >= 0.6 is 0 Å². The number of nitrogens with zero attached hydrogens (tertiary/aromatic N) is 3. The van der Waals surface area contributed by atoms with Gasteiger partial charge in [-0.2, -0.15) is 0 Å². The molecule has 2 aromatic rings. The van der Waals surface area contributed by atoms with Gasteiger partial charge in [-0.15, -0.1) is 0 Å². The number of amides is 1. The number of hydrogen-bond acceptors (Lipinski definition) is 6. The van der Waals surface area contributed by atoms with Crippen molar-refractivity contribution in [1.29, 1.82) is 0 Å². The minimum Gasteiger partial charge on any atom is -0.368 e. The molecule has 10 heteroatoms. The third-order valence-electron chi connectivity index (χ3n) is 5.50. The molecule has 168 valence electrons. The van der Waals surface area contributed by atoms with Gasteiger partial charge in [0, 0.05) is 56.1 Å².